The number of ether oxygens (including phenoxy) is 1. The van der Waals surface area contributed by atoms with Gasteiger partial charge in [0.15, 0.2) is 0 Å². The minimum atomic E-state index is -0.350. The van der Waals surface area contributed by atoms with Crippen LogP contribution in [-0.4, -0.2) is 34.0 Å². The number of hydrogen-bond acceptors (Lipinski definition) is 5. The summed E-state index contributed by atoms with van der Waals surface area (Å²) in [6.45, 7) is 5.30. The van der Waals surface area contributed by atoms with E-state index in [0.29, 0.717) is 18.1 Å². The number of nitro groups is 1. The summed E-state index contributed by atoms with van der Waals surface area (Å²) in [5.41, 5.74) is 0.618. The first kappa shape index (κ1) is 14.8. The van der Waals surface area contributed by atoms with E-state index in [1.165, 1.54) is 0 Å². The molecular weight excluding hydrogens is 260 g/mol. The molecule has 1 unspecified atom stereocenters. The van der Waals surface area contributed by atoms with Gasteiger partial charge in [-0.15, -0.1) is 0 Å². The number of nitrogens with one attached hydrogen (secondary N) is 1. The molecule has 7 nitrogen and oxygen atoms in total. The third-order valence-electron chi connectivity index (χ3n) is 3.56. The molecule has 1 aromatic heterocycles. The fourth-order valence-corrected chi connectivity index (χ4v) is 2.52. The van der Waals surface area contributed by atoms with Crippen molar-refractivity contribution in [2.24, 2.45) is 7.05 Å². The van der Waals surface area contributed by atoms with Gasteiger partial charge in [-0.25, -0.2) is 4.68 Å². The summed E-state index contributed by atoms with van der Waals surface area (Å²) in [6.07, 6.45) is 3.32. The van der Waals surface area contributed by atoms with Crippen molar-refractivity contribution in [3.8, 4) is 0 Å². The lowest BCUT2D eigenvalue weighted by Crippen LogP contribution is -2.14. The van der Waals surface area contributed by atoms with Crippen molar-refractivity contribution in [1.82, 2.24) is 9.78 Å². The zero-order valence-corrected chi connectivity index (χ0v) is 12.3. The Kier molecular flexibility index (Phi) is 4.59. The molecule has 1 aromatic rings. The first-order valence-corrected chi connectivity index (χ1v) is 7.07. The first-order chi connectivity index (χ1) is 9.50. The molecule has 0 radical (unpaired) electrons. The van der Waals surface area contributed by atoms with Gasteiger partial charge in [0.25, 0.3) is 0 Å². The van der Waals surface area contributed by atoms with Crippen molar-refractivity contribution in [3.63, 3.8) is 0 Å². The maximum absolute atomic E-state index is 11.3. The van der Waals surface area contributed by atoms with Crippen molar-refractivity contribution >= 4 is 11.5 Å². The summed E-state index contributed by atoms with van der Waals surface area (Å²) in [4.78, 5) is 10.9. The molecule has 1 saturated heterocycles. The molecule has 1 N–H and O–H groups in total. The van der Waals surface area contributed by atoms with E-state index < -0.39 is 0 Å². The quantitative estimate of drug-likeness (QED) is 0.640. The monoisotopic (exact) mass is 282 g/mol. The van der Waals surface area contributed by atoms with Crippen LogP contribution in [0.15, 0.2) is 0 Å². The molecule has 1 aliphatic rings. The number of aryl methyl sites for hydroxylation is 1. The number of hydrogen-bond donors (Lipinski definition) is 1. The summed E-state index contributed by atoms with van der Waals surface area (Å²) >= 11 is 0. The Balaban J connectivity index is 2.07. The SMILES string of the molecule is CC(C)c1nn(C)c(NCCC2CCCO2)c1[N+](=O)[O-]. The van der Waals surface area contributed by atoms with E-state index in [0.717, 1.165) is 25.9 Å². The fraction of sp³-hybridized carbons (Fsp3) is 0.769. The second-order valence-corrected chi connectivity index (χ2v) is 5.47. The third kappa shape index (κ3) is 3.09. The van der Waals surface area contributed by atoms with Gasteiger partial charge >= 0.3 is 5.69 Å². The van der Waals surface area contributed by atoms with Crippen LogP contribution in [-0.2, 0) is 11.8 Å². The first-order valence-electron chi connectivity index (χ1n) is 7.07. The van der Waals surface area contributed by atoms with E-state index >= 15 is 0 Å². The van der Waals surface area contributed by atoms with Gasteiger partial charge in [0.1, 0.15) is 5.69 Å². The Morgan fingerprint density at radius 1 is 1.60 bits per heavy atom. The van der Waals surface area contributed by atoms with Gasteiger partial charge in [-0.05, 0) is 19.3 Å². The molecule has 1 atom stereocenters. The summed E-state index contributed by atoms with van der Waals surface area (Å²) in [7, 11) is 1.73. The molecule has 0 bridgehead atoms. The van der Waals surface area contributed by atoms with Gasteiger partial charge < -0.3 is 10.1 Å². The largest absolute Gasteiger partial charge is 0.378 e. The van der Waals surface area contributed by atoms with Crippen LogP contribution >= 0.6 is 0 Å². The van der Waals surface area contributed by atoms with Gasteiger partial charge in [0.05, 0.1) is 11.0 Å². The highest BCUT2D eigenvalue weighted by Crippen LogP contribution is 2.32. The highest BCUT2D eigenvalue weighted by atomic mass is 16.6. The zero-order chi connectivity index (χ0) is 14.7. The summed E-state index contributed by atoms with van der Waals surface area (Å²) in [5, 5.41) is 18.7. The molecule has 0 saturated carbocycles. The highest BCUT2D eigenvalue weighted by molar-refractivity contribution is 5.60. The molecule has 2 heterocycles. The minimum Gasteiger partial charge on any atom is -0.378 e. The van der Waals surface area contributed by atoms with E-state index in [1.807, 2.05) is 13.8 Å². The van der Waals surface area contributed by atoms with Crippen molar-refractivity contribution in [2.45, 2.75) is 45.1 Å². The van der Waals surface area contributed by atoms with Gasteiger partial charge in [0, 0.05) is 26.1 Å². The van der Waals surface area contributed by atoms with Crippen LogP contribution in [0.3, 0.4) is 0 Å². The number of nitrogens with zero attached hydrogens (tertiary/aromatic N) is 3. The average molecular weight is 282 g/mol. The van der Waals surface area contributed by atoms with Crippen LogP contribution in [0.25, 0.3) is 0 Å². The Labute approximate surface area is 118 Å². The molecule has 2 rings (SSSR count). The maximum Gasteiger partial charge on any atom is 0.334 e. The molecular formula is C13H22N4O3. The van der Waals surface area contributed by atoms with Crippen LogP contribution in [0.5, 0.6) is 0 Å². The van der Waals surface area contributed by atoms with E-state index in [2.05, 4.69) is 10.4 Å². The third-order valence-corrected chi connectivity index (χ3v) is 3.56. The molecule has 112 valence electrons. The predicted molar refractivity (Wildman–Crippen MR) is 76.0 cm³/mol. The topological polar surface area (TPSA) is 82.2 Å². The average Bonchev–Trinajstić information content (AvgIpc) is 2.98. The zero-order valence-electron chi connectivity index (χ0n) is 12.3. The van der Waals surface area contributed by atoms with Crippen molar-refractivity contribution in [3.05, 3.63) is 15.8 Å². The standard InChI is InChI=1S/C13H22N4O3/c1-9(2)11-12(17(18)19)13(16(3)15-11)14-7-6-10-5-4-8-20-10/h9-10,14H,4-8H2,1-3H3. The van der Waals surface area contributed by atoms with Crippen molar-refractivity contribution in [1.29, 1.82) is 0 Å². The predicted octanol–water partition coefficient (Wildman–Crippen LogP) is 2.43. The van der Waals surface area contributed by atoms with E-state index in [9.17, 15) is 10.1 Å². The lowest BCUT2D eigenvalue weighted by Gasteiger charge is -2.10. The van der Waals surface area contributed by atoms with Crippen LogP contribution in [0, 0.1) is 10.1 Å². The summed E-state index contributed by atoms with van der Waals surface area (Å²) in [6, 6.07) is 0. The van der Waals surface area contributed by atoms with Gasteiger partial charge in [-0.3, -0.25) is 10.1 Å². The lowest BCUT2D eigenvalue weighted by atomic mass is 10.1. The van der Waals surface area contributed by atoms with Gasteiger partial charge in [-0.2, -0.15) is 5.10 Å². The second kappa shape index (κ2) is 6.21. The van der Waals surface area contributed by atoms with E-state index in [-0.39, 0.29) is 22.6 Å². The normalized spacial score (nSPS) is 18.7. The molecule has 1 fully saturated rings. The second-order valence-electron chi connectivity index (χ2n) is 5.47. The van der Waals surface area contributed by atoms with Crippen LogP contribution in [0.4, 0.5) is 11.5 Å². The number of anilines is 1. The Bertz CT molecular complexity index is 478. The van der Waals surface area contributed by atoms with Gasteiger partial charge in [0.2, 0.25) is 5.82 Å². The van der Waals surface area contributed by atoms with Crippen LogP contribution in [0.2, 0.25) is 0 Å². The fourth-order valence-electron chi connectivity index (χ4n) is 2.52. The summed E-state index contributed by atoms with van der Waals surface area (Å²) in [5.74, 6) is 0.506. The molecule has 0 amide bonds. The molecule has 0 aliphatic carbocycles. The van der Waals surface area contributed by atoms with Gasteiger partial charge in [-0.1, -0.05) is 13.8 Å². The lowest BCUT2D eigenvalue weighted by molar-refractivity contribution is -0.384. The Morgan fingerprint density at radius 3 is 2.90 bits per heavy atom. The smallest absolute Gasteiger partial charge is 0.334 e. The molecule has 1 aliphatic heterocycles. The summed E-state index contributed by atoms with van der Waals surface area (Å²) < 4.78 is 7.10. The van der Waals surface area contributed by atoms with Crippen LogP contribution in [0.1, 0.15) is 44.7 Å². The number of aromatic nitrogens is 2. The molecule has 20 heavy (non-hydrogen) atoms. The number of rotatable bonds is 6. The van der Waals surface area contributed by atoms with Crippen LogP contribution < -0.4 is 5.32 Å². The molecule has 7 heteroatoms. The highest BCUT2D eigenvalue weighted by Gasteiger charge is 2.28. The maximum atomic E-state index is 11.3. The van der Waals surface area contributed by atoms with E-state index in [1.54, 1.807) is 11.7 Å². The minimum absolute atomic E-state index is 0.0234. The van der Waals surface area contributed by atoms with Crippen molar-refractivity contribution in [2.75, 3.05) is 18.5 Å². The Morgan fingerprint density at radius 2 is 2.35 bits per heavy atom. The van der Waals surface area contributed by atoms with Crippen molar-refractivity contribution < 1.29 is 9.66 Å². The van der Waals surface area contributed by atoms with E-state index in [4.69, 9.17) is 4.74 Å². The Hall–Kier alpha value is -1.63. The molecule has 0 spiro atoms. The molecule has 0 aromatic carbocycles.